The predicted octanol–water partition coefficient (Wildman–Crippen LogP) is 5.49. The highest BCUT2D eigenvalue weighted by Crippen LogP contribution is 2.32. The van der Waals surface area contributed by atoms with Gasteiger partial charge in [-0.1, -0.05) is 24.3 Å². The lowest BCUT2D eigenvalue weighted by Gasteiger charge is -2.10. The van der Waals surface area contributed by atoms with Crippen molar-refractivity contribution in [3.05, 3.63) is 78.5 Å². The van der Waals surface area contributed by atoms with Gasteiger partial charge >= 0.3 is 0 Å². The molecule has 0 aliphatic heterocycles. The van der Waals surface area contributed by atoms with E-state index in [1.165, 1.54) is 11.9 Å². The van der Waals surface area contributed by atoms with Crippen molar-refractivity contribution in [2.45, 2.75) is 4.90 Å². The van der Waals surface area contributed by atoms with E-state index in [0.29, 0.717) is 11.5 Å². The van der Waals surface area contributed by atoms with Crippen LogP contribution in [0, 0.1) is 0 Å². The minimum atomic E-state index is 0.710. The molecule has 28 heavy (non-hydrogen) atoms. The van der Waals surface area contributed by atoms with Crippen molar-refractivity contribution in [3.63, 3.8) is 0 Å². The van der Waals surface area contributed by atoms with Gasteiger partial charge in [0.25, 0.3) is 0 Å². The molecule has 0 amide bonds. The molecule has 0 spiro atoms. The molecule has 0 aliphatic rings. The lowest BCUT2D eigenvalue weighted by Crippen LogP contribution is -1.93. The Bertz CT molecular complexity index is 943. The lowest BCUT2D eigenvalue weighted by atomic mass is 10.2. The molecule has 4 N–H and O–H groups in total. The fraction of sp³-hybridized carbons (Fsp3) is 0.0909. The summed E-state index contributed by atoms with van der Waals surface area (Å²) in [7, 11) is 3.26. The monoisotopic (exact) mass is 393 g/mol. The number of rotatable bonds is 8. The van der Waals surface area contributed by atoms with E-state index in [1.54, 1.807) is 14.2 Å². The zero-order valence-corrected chi connectivity index (χ0v) is 16.6. The topological polar surface area (TPSA) is 68.5 Å². The Labute approximate surface area is 169 Å². The molecule has 3 rings (SSSR count). The Balaban J connectivity index is 1.56. The number of para-hydroxylation sites is 2. The Morgan fingerprint density at radius 3 is 2.36 bits per heavy atom. The van der Waals surface area contributed by atoms with E-state index in [1.807, 2.05) is 79.0 Å². The summed E-state index contributed by atoms with van der Waals surface area (Å²) in [5.74, 6) is 1.43. The molecule has 0 saturated heterocycles. The highest BCUT2D eigenvalue weighted by atomic mass is 32.2. The SMILES string of the molecule is COc1ccc(SNc2ccc(/C=C\Nc3ccccc3N)cc2)cc1OC. The molecule has 144 valence electrons. The first-order chi connectivity index (χ1) is 13.7. The second kappa shape index (κ2) is 9.62. The maximum absolute atomic E-state index is 5.91. The highest BCUT2D eigenvalue weighted by Gasteiger charge is 2.05. The first-order valence-electron chi connectivity index (χ1n) is 8.72. The molecule has 0 bridgehead atoms. The Hall–Kier alpha value is -3.25. The van der Waals surface area contributed by atoms with Gasteiger partial charge in [-0.05, 0) is 66.1 Å². The van der Waals surface area contributed by atoms with Gasteiger partial charge in [-0.2, -0.15) is 0 Å². The van der Waals surface area contributed by atoms with E-state index in [-0.39, 0.29) is 0 Å². The summed E-state index contributed by atoms with van der Waals surface area (Å²) in [6.07, 6.45) is 3.88. The first-order valence-corrected chi connectivity index (χ1v) is 9.54. The van der Waals surface area contributed by atoms with Crippen molar-refractivity contribution in [3.8, 4) is 11.5 Å². The summed E-state index contributed by atoms with van der Waals surface area (Å²) >= 11 is 1.52. The molecule has 0 fully saturated rings. The number of benzene rings is 3. The van der Waals surface area contributed by atoms with E-state index in [2.05, 4.69) is 10.0 Å². The minimum absolute atomic E-state index is 0.710. The summed E-state index contributed by atoms with van der Waals surface area (Å²) in [6, 6.07) is 21.6. The van der Waals surface area contributed by atoms with Gasteiger partial charge in [-0.15, -0.1) is 0 Å². The van der Waals surface area contributed by atoms with Gasteiger partial charge in [0.2, 0.25) is 0 Å². The minimum Gasteiger partial charge on any atom is -0.493 e. The number of hydrogen-bond donors (Lipinski definition) is 3. The second-order valence-electron chi connectivity index (χ2n) is 5.91. The molecular formula is C22H23N3O2S. The average Bonchev–Trinajstić information content (AvgIpc) is 2.74. The van der Waals surface area contributed by atoms with E-state index >= 15 is 0 Å². The van der Waals surface area contributed by atoms with E-state index in [4.69, 9.17) is 15.2 Å². The molecule has 6 heteroatoms. The number of nitrogens with two attached hydrogens (primary N) is 1. The van der Waals surface area contributed by atoms with Crippen molar-refractivity contribution in [1.82, 2.24) is 0 Å². The van der Waals surface area contributed by atoms with Crippen LogP contribution in [0.5, 0.6) is 11.5 Å². The fourth-order valence-electron chi connectivity index (χ4n) is 2.52. The third-order valence-electron chi connectivity index (χ3n) is 4.03. The molecule has 3 aromatic carbocycles. The van der Waals surface area contributed by atoms with Crippen molar-refractivity contribution < 1.29 is 9.47 Å². The first kappa shape index (κ1) is 19.5. The van der Waals surface area contributed by atoms with Gasteiger partial charge in [0.05, 0.1) is 25.6 Å². The standard InChI is InChI=1S/C22H23N3O2S/c1-26-21-12-11-18(15-22(21)27-2)28-25-17-9-7-16(8-10-17)13-14-24-20-6-4-3-5-19(20)23/h3-15,24-25H,23H2,1-2H3/b14-13-. The fourth-order valence-corrected chi connectivity index (χ4v) is 3.19. The van der Waals surface area contributed by atoms with E-state index < -0.39 is 0 Å². The van der Waals surface area contributed by atoms with Gasteiger partial charge in [-0.3, -0.25) is 0 Å². The van der Waals surface area contributed by atoms with Crippen LogP contribution in [0.2, 0.25) is 0 Å². The quantitative estimate of drug-likeness (QED) is 0.347. The molecule has 0 aliphatic carbocycles. The Morgan fingerprint density at radius 1 is 0.893 bits per heavy atom. The van der Waals surface area contributed by atoms with Gasteiger partial charge < -0.3 is 25.2 Å². The van der Waals surface area contributed by atoms with Crippen molar-refractivity contribution >= 4 is 35.1 Å². The summed E-state index contributed by atoms with van der Waals surface area (Å²) in [5, 5.41) is 3.20. The maximum Gasteiger partial charge on any atom is 0.161 e. The summed E-state index contributed by atoms with van der Waals surface area (Å²) in [4.78, 5) is 1.03. The number of anilines is 3. The van der Waals surface area contributed by atoms with Gasteiger partial charge in [0.1, 0.15) is 0 Å². The van der Waals surface area contributed by atoms with Gasteiger partial charge in [-0.25, -0.2) is 0 Å². The Morgan fingerprint density at radius 2 is 1.64 bits per heavy atom. The van der Waals surface area contributed by atoms with Gasteiger partial charge in [0.15, 0.2) is 11.5 Å². The zero-order chi connectivity index (χ0) is 19.8. The number of nitrogen functional groups attached to an aromatic ring is 1. The van der Waals surface area contributed by atoms with Gasteiger partial charge in [0, 0.05) is 16.8 Å². The molecule has 5 nitrogen and oxygen atoms in total. The van der Waals surface area contributed by atoms with Crippen molar-refractivity contribution in [1.29, 1.82) is 0 Å². The third kappa shape index (κ3) is 5.14. The van der Waals surface area contributed by atoms with Crippen molar-refractivity contribution in [2.75, 3.05) is 30.0 Å². The number of ether oxygens (including phenoxy) is 2. The molecule has 0 unspecified atom stereocenters. The van der Waals surface area contributed by atoms with Crippen LogP contribution in [-0.4, -0.2) is 14.2 Å². The van der Waals surface area contributed by atoms with Crippen LogP contribution in [-0.2, 0) is 0 Å². The van der Waals surface area contributed by atoms with Crippen LogP contribution in [0.4, 0.5) is 17.1 Å². The summed E-state index contributed by atoms with van der Waals surface area (Å²) in [5.41, 5.74) is 9.62. The molecule has 0 saturated carbocycles. The predicted molar refractivity (Wildman–Crippen MR) is 119 cm³/mol. The number of hydrogen-bond acceptors (Lipinski definition) is 6. The van der Waals surface area contributed by atoms with Crippen LogP contribution in [0.3, 0.4) is 0 Å². The van der Waals surface area contributed by atoms with Crippen LogP contribution < -0.4 is 25.2 Å². The lowest BCUT2D eigenvalue weighted by molar-refractivity contribution is 0.354. The van der Waals surface area contributed by atoms with Crippen molar-refractivity contribution in [2.24, 2.45) is 0 Å². The molecule has 0 heterocycles. The van der Waals surface area contributed by atoms with Crippen LogP contribution in [0.15, 0.2) is 77.8 Å². The zero-order valence-electron chi connectivity index (χ0n) is 15.8. The Kier molecular flexibility index (Phi) is 6.70. The third-order valence-corrected chi connectivity index (χ3v) is 4.86. The summed E-state index contributed by atoms with van der Waals surface area (Å²) in [6.45, 7) is 0. The van der Waals surface area contributed by atoms with E-state index in [9.17, 15) is 0 Å². The highest BCUT2D eigenvalue weighted by molar-refractivity contribution is 8.00. The van der Waals surface area contributed by atoms with Crippen LogP contribution in [0.1, 0.15) is 5.56 Å². The maximum atomic E-state index is 5.91. The average molecular weight is 394 g/mol. The number of methoxy groups -OCH3 is 2. The van der Waals surface area contributed by atoms with Crippen LogP contribution in [0.25, 0.3) is 6.08 Å². The largest absolute Gasteiger partial charge is 0.493 e. The molecule has 0 radical (unpaired) electrons. The number of nitrogens with one attached hydrogen (secondary N) is 2. The molecular weight excluding hydrogens is 370 g/mol. The normalized spacial score (nSPS) is 10.6. The second-order valence-corrected chi connectivity index (χ2v) is 6.79. The molecule has 3 aromatic rings. The molecule has 0 atom stereocenters. The molecule has 0 aromatic heterocycles. The smallest absolute Gasteiger partial charge is 0.161 e. The van der Waals surface area contributed by atoms with E-state index in [0.717, 1.165) is 27.5 Å². The van der Waals surface area contributed by atoms with Crippen LogP contribution >= 0.6 is 11.9 Å². The summed E-state index contributed by atoms with van der Waals surface area (Å²) < 4.78 is 13.9.